The summed E-state index contributed by atoms with van der Waals surface area (Å²) in [5.74, 6) is 0. The van der Waals surface area contributed by atoms with E-state index in [4.69, 9.17) is 13.7 Å². The normalized spacial score (nSPS) is 13.4. The van der Waals surface area contributed by atoms with Crippen molar-refractivity contribution in [2.75, 3.05) is 19.8 Å². The first-order valence-electron chi connectivity index (χ1n) is 6.15. The molecule has 0 heterocycles. The van der Waals surface area contributed by atoms with Crippen LogP contribution in [0.5, 0.6) is 0 Å². The van der Waals surface area contributed by atoms with E-state index in [9.17, 15) is 8.42 Å². The summed E-state index contributed by atoms with van der Waals surface area (Å²) in [5, 5.41) is 0. The molecule has 1 atom stereocenters. The summed E-state index contributed by atoms with van der Waals surface area (Å²) in [4.78, 5) is 0.149. The van der Waals surface area contributed by atoms with Crippen LogP contribution in [0.2, 0.25) is 0 Å². The first-order valence-corrected chi connectivity index (χ1v) is 7.56. The Bertz CT molecular complexity index is 466. The van der Waals surface area contributed by atoms with Gasteiger partial charge in [-0.05, 0) is 32.9 Å². The quantitative estimate of drug-likeness (QED) is 0.416. The predicted octanol–water partition coefficient (Wildman–Crippen LogP) is 2.10. The van der Waals surface area contributed by atoms with Crippen LogP contribution in [-0.2, 0) is 23.8 Å². The van der Waals surface area contributed by atoms with Crippen LogP contribution in [0, 0.1) is 6.92 Å². The van der Waals surface area contributed by atoms with E-state index >= 15 is 0 Å². The zero-order valence-corrected chi connectivity index (χ0v) is 12.3. The van der Waals surface area contributed by atoms with E-state index in [0.29, 0.717) is 6.61 Å². The van der Waals surface area contributed by atoms with Crippen LogP contribution < -0.4 is 0 Å². The topological polar surface area (TPSA) is 61.8 Å². The van der Waals surface area contributed by atoms with E-state index < -0.39 is 10.1 Å². The molecule has 1 rings (SSSR count). The molecule has 1 aromatic rings. The van der Waals surface area contributed by atoms with E-state index in [2.05, 4.69) is 0 Å². The maximum absolute atomic E-state index is 11.8. The molecular formula is C13H20O5S. The van der Waals surface area contributed by atoms with Crippen molar-refractivity contribution in [3.8, 4) is 0 Å². The molecule has 0 bridgehead atoms. The second-order valence-electron chi connectivity index (χ2n) is 3.98. The van der Waals surface area contributed by atoms with Crippen molar-refractivity contribution in [1.29, 1.82) is 0 Å². The zero-order chi connectivity index (χ0) is 14.3. The molecule has 108 valence electrons. The van der Waals surface area contributed by atoms with E-state index in [1.165, 1.54) is 12.1 Å². The molecule has 19 heavy (non-hydrogen) atoms. The second-order valence-corrected chi connectivity index (χ2v) is 5.60. The summed E-state index contributed by atoms with van der Waals surface area (Å²) in [7, 11) is -3.71. The fourth-order valence-electron chi connectivity index (χ4n) is 1.41. The fraction of sp³-hybridized carbons (Fsp3) is 0.538. The van der Waals surface area contributed by atoms with Crippen LogP contribution in [-0.4, -0.2) is 34.5 Å². The molecule has 6 heteroatoms. The number of benzene rings is 1. The Morgan fingerprint density at radius 1 is 1.11 bits per heavy atom. The van der Waals surface area contributed by atoms with Gasteiger partial charge in [0.25, 0.3) is 10.1 Å². The van der Waals surface area contributed by atoms with Crippen LogP contribution in [0.15, 0.2) is 29.2 Å². The van der Waals surface area contributed by atoms with Crippen molar-refractivity contribution in [2.24, 2.45) is 0 Å². The fourth-order valence-corrected chi connectivity index (χ4v) is 2.31. The summed E-state index contributed by atoms with van der Waals surface area (Å²) < 4.78 is 38.9. The number of rotatable bonds is 8. The summed E-state index contributed by atoms with van der Waals surface area (Å²) in [6.45, 7) is 6.17. The van der Waals surface area contributed by atoms with Crippen molar-refractivity contribution in [3.05, 3.63) is 29.8 Å². The number of hydrogen-bond donors (Lipinski definition) is 0. The van der Waals surface area contributed by atoms with E-state index in [-0.39, 0.29) is 24.4 Å². The van der Waals surface area contributed by atoms with Gasteiger partial charge in [0.2, 0.25) is 0 Å². The smallest absolute Gasteiger partial charge is 0.297 e. The molecule has 0 saturated carbocycles. The van der Waals surface area contributed by atoms with Gasteiger partial charge in [0.1, 0.15) is 0 Å². The first kappa shape index (κ1) is 16.1. The Morgan fingerprint density at radius 3 is 2.32 bits per heavy atom. The van der Waals surface area contributed by atoms with Crippen molar-refractivity contribution < 1.29 is 22.1 Å². The van der Waals surface area contributed by atoms with Crippen LogP contribution in [0.25, 0.3) is 0 Å². The third-order valence-electron chi connectivity index (χ3n) is 2.39. The van der Waals surface area contributed by atoms with Gasteiger partial charge in [0.15, 0.2) is 6.29 Å². The molecule has 5 nitrogen and oxygen atoms in total. The molecule has 0 saturated heterocycles. The Morgan fingerprint density at radius 2 is 1.74 bits per heavy atom. The largest absolute Gasteiger partial charge is 0.353 e. The number of ether oxygens (including phenoxy) is 2. The van der Waals surface area contributed by atoms with Gasteiger partial charge in [-0.25, -0.2) is 0 Å². The third kappa shape index (κ3) is 5.69. The van der Waals surface area contributed by atoms with E-state index in [1.54, 1.807) is 19.1 Å². The zero-order valence-electron chi connectivity index (χ0n) is 11.5. The van der Waals surface area contributed by atoms with Crippen molar-refractivity contribution >= 4 is 10.1 Å². The molecule has 0 N–H and O–H groups in total. The minimum Gasteiger partial charge on any atom is -0.353 e. The minimum absolute atomic E-state index is 0.0341. The van der Waals surface area contributed by atoms with Crippen LogP contribution in [0.1, 0.15) is 19.4 Å². The lowest BCUT2D eigenvalue weighted by Crippen LogP contribution is -2.18. The van der Waals surface area contributed by atoms with E-state index in [0.717, 1.165) is 5.56 Å². The first-order chi connectivity index (χ1) is 8.95. The maximum Gasteiger partial charge on any atom is 0.297 e. The van der Waals surface area contributed by atoms with Gasteiger partial charge in [-0.15, -0.1) is 0 Å². The van der Waals surface area contributed by atoms with E-state index in [1.807, 2.05) is 13.8 Å². The molecule has 0 fully saturated rings. The summed E-state index contributed by atoms with van der Waals surface area (Å²) >= 11 is 0. The predicted molar refractivity (Wildman–Crippen MR) is 71.4 cm³/mol. The van der Waals surface area contributed by atoms with Gasteiger partial charge in [0.05, 0.1) is 18.1 Å². The molecule has 0 aliphatic rings. The van der Waals surface area contributed by atoms with Crippen molar-refractivity contribution in [2.45, 2.75) is 32.0 Å². The molecule has 0 amide bonds. The van der Waals surface area contributed by atoms with Crippen molar-refractivity contribution in [3.63, 3.8) is 0 Å². The lowest BCUT2D eigenvalue weighted by Gasteiger charge is -2.12. The van der Waals surface area contributed by atoms with Crippen molar-refractivity contribution in [1.82, 2.24) is 0 Å². The average molecular weight is 288 g/mol. The molecule has 0 radical (unpaired) electrons. The molecule has 1 unspecified atom stereocenters. The lowest BCUT2D eigenvalue weighted by atomic mass is 10.2. The second kappa shape index (κ2) is 7.59. The number of hydrogen-bond acceptors (Lipinski definition) is 5. The summed E-state index contributed by atoms with van der Waals surface area (Å²) in [6.07, 6.45) is -0.365. The van der Waals surface area contributed by atoms with Crippen LogP contribution in [0.4, 0.5) is 0 Å². The standard InChI is InChI=1S/C13H20O5S/c1-4-16-12(3)17-9-10-18-19(14,15)13-7-5-11(2)6-8-13/h5-8,12H,4,9-10H2,1-3H3. The highest BCUT2D eigenvalue weighted by atomic mass is 32.2. The third-order valence-corrected chi connectivity index (χ3v) is 3.71. The summed E-state index contributed by atoms with van der Waals surface area (Å²) in [6, 6.07) is 6.50. The summed E-state index contributed by atoms with van der Waals surface area (Å²) in [5.41, 5.74) is 0.993. The Kier molecular flexibility index (Phi) is 6.44. The van der Waals surface area contributed by atoms with Gasteiger partial charge in [-0.1, -0.05) is 17.7 Å². The molecule has 0 spiro atoms. The average Bonchev–Trinajstić information content (AvgIpc) is 2.36. The Hall–Kier alpha value is -0.950. The number of aryl methyl sites for hydroxylation is 1. The monoisotopic (exact) mass is 288 g/mol. The van der Waals surface area contributed by atoms with Gasteiger partial charge in [-0.3, -0.25) is 4.18 Å². The molecule has 0 aliphatic heterocycles. The highest BCUT2D eigenvalue weighted by molar-refractivity contribution is 7.86. The molecular weight excluding hydrogens is 268 g/mol. The highest BCUT2D eigenvalue weighted by Gasteiger charge is 2.14. The lowest BCUT2D eigenvalue weighted by molar-refractivity contribution is -0.131. The molecule has 0 aromatic heterocycles. The van der Waals surface area contributed by atoms with Crippen LogP contribution >= 0.6 is 0 Å². The van der Waals surface area contributed by atoms with Gasteiger partial charge in [0, 0.05) is 6.61 Å². The van der Waals surface area contributed by atoms with Gasteiger partial charge in [-0.2, -0.15) is 8.42 Å². The minimum atomic E-state index is -3.71. The van der Waals surface area contributed by atoms with Crippen LogP contribution in [0.3, 0.4) is 0 Å². The SMILES string of the molecule is CCOC(C)OCCOS(=O)(=O)c1ccc(C)cc1. The van der Waals surface area contributed by atoms with Gasteiger partial charge < -0.3 is 9.47 Å². The Labute approximate surface area is 114 Å². The van der Waals surface area contributed by atoms with Gasteiger partial charge >= 0.3 is 0 Å². The highest BCUT2D eigenvalue weighted by Crippen LogP contribution is 2.13. The Balaban J connectivity index is 2.41. The molecule has 1 aromatic carbocycles. The molecule has 0 aliphatic carbocycles. The maximum atomic E-state index is 11.8.